The minimum absolute atomic E-state index is 0.0300. The first-order valence-electron chi connectivity index (χ1n) is 6.23. The monoisotopic (exact) mass is 304 g/mol. The van der Waals surface area contributed by atoms with E-state index in [1.807, 2.05) is 0 Å². The lowest BCUT2D eigenvalue weighted by Crippen LogP contribution is -2.29. The van der Waals surface area contributed by atoms with Crippen LogP contribution in [0.3, 0.4) is 0 Å². The maximum absolute atomic E-state index is 12.3. The second-order valence-electron chi connectivity index (χ2n) is 4.31. The molecule has 1 rings (SSSR count). The third-order valence-corrected chi connectivity index (χ3v) is 2.57. The van der Waals surface area contributed by atoms with Gasteiger partial charge in [0.1, 0.15) is 0 Å². The van der Waals surface area contributed by atoms with Crippen molar-refractivity contribution in [2.45, 2.75) is 25.4 Å². The average molecular weight is 304 g/mol. The van der Waals surface area contributed by atoms with E-state index >= 15 is 0 Å². The number of carbonyl (C=O) groups is 2. The molecule has 0 saturated heterocycles. The van der Waals surface area contributed by atoms with E-state index < -0.39 is 23.7 Å². The van der Waals surface area contributed by atoms with E-state index in [1.54, 1.807) is 0 Å². The van der Waals surface area contributed by atoms with Crippen molar-refractivity contribution in [2.75, 3.05) is 11.9 Å². The number of unbranched alkanes of at least 4 members (excludes halogenated alkanes) is 1. The molecule has 0 radical (unpaired) electrons. The number of urea groups is 1. The van der Waals surface area contributed by atoms with Gasteiger partial charge in [-0.2, -0.15) is 13.2 Å². The van der Waals surface area contributed by atoms with E-state index in [2.05, 4.69) is 10.6 Å². The van der Waals surface area contributed by atoms with Crippen LogP contribution in [-0.2, 0) is 11.0 Å². The summed E-state index contributed by atoms with van der Waals surface area (Å²) >= 11 is 0. The van der Waals surface area contributed by atoms with Crippen LogP contribution in [0.5, 0.6) is 0 Å². The SMILES string of the molecule is O=C(O)CCCCNC(=O)Nc1ccc(C(F)(F)F)cc1. The van der Waals surface area contributed by atoms with Gasteiger partial charge in [-0.25, -0.2) is 4.79 Å². The van der Waals surface area contributed by atoms with Crippen molar-refractivity contribution < 1.29 is 27.9 Å². The molecule has 0 fully saturated rings. The molecule has 1 aromatic carbocycles. The molecule has 116 valence electrons. The van der Waals surface area contributed by atoms with Crippen LogP contribution >= 0.6 is 0 Å². The van der Waals surface area contributed by atoms with E-state index in [9.17, 15) is 22.8 Å². The molecule has 5 nitrogen and oxygen atoms in total. The van der Waals surface area contributed by atoms with Crippen molar-refractivity contribution in [1.29, 1.82) is 0 Å². The van der Waals surface area contributed by atoms with Crippen molar-refractivity contribution >= 4 is 17.7 Å². The highest BCUT2D eigenvalue weighted by Crippen LogP contribution is 2.29. The molecule has 0 unspecified atom stereocenters. The summed E-state index contributed by atoms with van der Waals surface area (Å²) in [6, 6.07) is 3.52. The normalized spacial score (nSPS) is 11.0. The van der Waals surface area contributed by atoms with Gasteiger partial charge in [0.25, 0.3) is 0 Å². The number of nitrogens with one attached hydrogen (secondary N) is 2. The molecule has 0 aliphatic rings. The first kappa shape index (κ1) is 16.8. The van der Waals surface area contributed by atoms with Crippen LogP contribution < -0.4 is 10.6 Å². The smallest absolute Gasteiger partial charge is 0.416 e. The molecule has 0 spiro atoms. The fourth-order valence-corrected chi connectivity index (χ4v) is 1.52. The maximum atomic E-state index is 12.3. The van der Waals surface area contributed by atoms with Gasteiger partial charge in [-0.05, 0) is 37.1 Å². The molecule has 0 saturated carbocycles. The van der Waals surface area contributed by atoms with Crippen molar-refractivity contribution in [2.24, 2.45) is 0 Å². The number of benzene rings is 1. The lowest BCUT2D eigenvalue weighted by Gasteiger charge is -2.09. The van der Waals surface area contributed by atoms with Crippen molar-refractivity contribution in [3.63, 3.8) is 0 Å². The zero-order chi connectivity index (χ0) is 15.9. The zero-order valence-corrected chi connectivity index (χ0v) is 11.0. The number of hydrogen-bond acceptors (Lipinski definition) is 2. The predicted molar refractivity (Wildman–Crippen MR) is 70.0 cm³/mol. The van der Waals surface area contributed by atoms with Gasteiger partial charge >= 0.3 is 18.2 Å². The fourth-order valence-electron chi connectivity index (χ4n) is 1.52. The third kappa shape index (κ3) is 6.64. The number of rotatable bonds is 6. The van der Waals surface area contributed by atoms with Gasteiger partial charge in [0, 0.05) is 18.7 Å². The average Bonchev–Trinajstić information content (AvgIpc) is 2.37. The van der Waals surface area contributed by atoms with E-state index in [4.69, 9.17) is 5.11 Å². The van der Waals surface area contributed by atoms with Crippen LogP contribution in [0.15, 0.2) is 24.3 Å². The summed E-state index contributed by atoms with van der Waals surface area (Å²) < 4.78 is 37.0. The molecular weight excluding hydrogens is 289 g/mol. The molecular formula is C13H15F3N2O3. The summed E-state index contributed by atoms with van der Waals surface area (Å²) in [6.07, 6.45) is -3.43. The summed E-state index contributed by atoms with van der Waals surface area (Å²) in [4.78, 5) is 21.7. The summed E-state index contributed by atoms with van der Waals surface area (Å²) in [5, 5.41) is 13.3. The quantitative estimate of drug-likeness (QED) is 0.707. The predicted octanol–water partition coefficient (Wildman–Crippen LogP) is 3.08. The van der Waals surface area contributed by atoms with E-state index in [0.717, 1.165) is 24.3 Å². The third-order valence-electron chi connectivity index (χ3n) is 2.57. The lowest BCUT2D eigenvalue weighted by atomic mass is 10.2. The Balaban J connectivity index is 2.33. The molecule has 3 N–H and O–H groups in total. The molecule has 0 aliphatic carbocycles. The molecule has 0 heterocycles. The number of halogens is 3. The van der Waals surface area contributed by atoms with Crippen molar-refractivity contribution in [3.05, 3.63) is 29.8 Å². The van der Waals surface area contributed by atoms with Gasteiger partial charge in [-0.3, -0.25) is 4.79 Å². The Labute approximate surface area is 119 Å². The van der Waals surface area contributed by atoms with Crippen LogP contribution in [0.25, 0.3) is 0 Å². The van der Waals surface area contributed by atoms with Gasteiger partial charge in [-0.15, -0.1) is 0 Å². The number of carboxylic acid groups (broad SMARTS) is 1. The fraction of sp³-hybridized carbons (Fsp3) is 0.385. The molecule has 21 heavy (non-hydrogen) atoms. The van der Waals surface area contributed by atoms with Gasteiger partial charge in [0.2, 0.25) is 0 Å². The minimum Gasteiger partial charge on any atom is -0.481 e. The first-order chi connectivity index (χ1) is 9.79. The summed E-state index contributed by atoms with van der Waals surface area (Å²) in [5.74, 6) is -0.899. The topological polar surface area (TPSA) is 78.4 Å². The van der Waals surface area contributed by atoms with Gasteiger partial charge in [-0.1, -0.05) is 0 Å². The Kier molecular flexibility index (Phi) is 6.01. The Morgan fingerprint density at radius 3 is 2.24 bits per heavy atom. The number of amides is 2. The molecule has 8 heteroatoms. The minimum atomic E-state index is -4.41. The van der Waals surface area contributed by atoms with Crippen LogP contribution in [0.4, 0.5) is 23.7 Å². The Hall–Kier alpha value is -2.25. The summed E-state index contributed by atoms with van der Waals surface area (Å²) in [6.45, 7) is 0.291. The van der Waals surface area contributed by atoms with Gasteiger partial charge in [0.05, 0.1) is 5.56 Å². The number of aliphatic carboxylic acids is 1. The summed E-state index contributed by atoms with van der Waals surface area (Å²) in [7, 11) is 0. The highest BCUT2D eigenvalue weighted by molar-refractivity contribution is 5.89. The Morgan fingerprint density at radius 2 is 1.71 bits per heavy atom. The number of carbonyl (C=O) groups excluding carboxylic acids is 1. The second kappa shape index (κ2) is 7.51. The number of hydrogen-bond donors (Lipinski definition) is 3. The second-order valence-corrected chi connectivity index (χ2v) is 4.31. The highest BCUT2D eigenvalue weighted by atomic mass is 19.4. The molecule has 0 aliphatic heterocycles. The standard InChI is InChI=1S/C13H15F3N2O3/c14-13(15,16)9-4-6-10(7-5-9)18-12(21)17-8-2-1-3-11(19)20/h4-7H,1-3,8H2,(H,19,20)(H2,17,18,21). The van der Waals surface area contributed by atoms with Crippen LogP contribution in [0, 0.1) is 0 Å². The first-order valence-corrected chi connectivity index (χ1v) is 6.23. The Bertz CT molecular complexity index is 486. The molecule has 0 aromatic heterocycles. The Morgan fingerprint density at radius 1 is 1.10 bits per heavy atom. The summed E-state index contributed by atoms with van der Waals surface area (Å²) in [5.41, 5.74) is -0.548. The maximum Gasteiger partial charge on any atom is 0.416 e. The van der Waals surface area contributed by atoms with E-state index in [0.29, 0.717) is 19.4 Å². The van der Waals surface area contributed by atoms with Crippen LogP contribution in [-0.4, -0.2) is 23.7 Å². The number of carboxylic acids is 1. The van der Waals surface area contributed by atoms with Crippen LogP contribution in [0.1, 0.15) is 24.8 Å². The molecule has 0 bridgehead atoms. The largest absolute Gasteiger partial charge is 0.481 e. The lowest BCUT2D eigenvalue weighted by molar-refractivity contribution is -0.138. The zero-order valence-electron chi connectivity index (χ0n) is 11.0. The van der Waals surface area contributed by atoms with Gasteiger partial charge < -0.3 is 15.7 Å². The van der Waals surface area contributed by atoms with Crippen molar-refractivity contribution in [1.82, 2.24) is 5.32 Å². The highest BCUT2D eigenvalue weighted by Gasteiger charge is 2.29. The molecule has 1 aromatic rings. The van der Waals surface area contributed by atoms with Crippen molar-refractivity contribution in [3.8, 4) is 0 Å². The number of anilines is 1. The van der Waals surface area contributed by atoms with E-state index in [1.165, 1.54) is 0 Å². The van der Waals surface area contributed by atoms with Crippen LogP contribution in [0.2, 0.25) is 0 Å². The molecule has 2 amide bonds. The van der Waals surface area contributed by atoms with Gasteiger partial charge in [0.15, 0.2) is 0 Å². The van der Waals surface area contributed by atoms with E-state index in [-0.39, 0.29) is 12.1 Å². The number of alkyl halides is 3. The molecule has 0 atom stereocenters.